The molecule has 0 saturated carbocycles. The van der Waals surface area contributed by atoms with E-state index in [1.54, 1.807) is 30.5 Å². The van der Waals surface area contributed by atoms with E-state index in [0.717, 1.165) is 6.08 Å². The number of carbonyl (C=O) groups excluding carboxylic acids is 4. The number of nitrogens with one attached hydrogen (secondary N) is 5. The van der Waals surface area contributed by atoms with Crippen LogP contribution < -0.4 is 32.3 Å². The number of benzene rings is 1. The van der Waals surface area contributed by atoms with E-state index in [-0.39, 0.29) is 12.5 Å². The molecular formula is C23H29BrN8O4. The summed E-state index contributed by atoms with van der Waals surface area (Å²) in [5, 5.41) is 14.0. The molecule has 0 aliphatic carbocycles. The number of aromatic nitrogens is 2. The predicted molar refractivity (Wildman–Crippen MR) is 140 cm³/mol. The second-order valence-corrected chi connectivity index (χ2v) is 8.95. The molecule has 13 heteroatoms. The van der Waals surface area contributed by atoms with Gasteiger partial charge >= 0.3 is 0 Å². The molecule has 0 unspecified atom stereocenters. The van der Waals surface area contributed by atoms with Crippen molar-refractivity contribution in [2.45, 2.75) is 20.3 Å². The summed E-state index contributed by atoms with van der Waals surface area (Å²) in [4.78, 5) is 55.3. The van der Waals surface area contributed by atoms with Gasteiger partial charge in [-0.3, -0.25) is 19.2 Å². The van der Waals surface area contributed by atoms with Gasteiger partial charge in [0.15, 0.2) is 0 Å². The van der Waals surface area contributed by atoms with Crippen molar-refractivity contribution in [3.63, 3.8) is 0 Å². The third-order valence-corrected chi connectivity index (χ3v) is 5.45. The third kappa shape index (κ3) is 8.65. The maximum atomic E-state index is 12.1. The maximum Gasteiger partial charge on any atom is 0.243 e. The van der Waals surface area contributed by atoms with E-state index in [0.29, 0.717) is 47.1 Å². The van der Waals surface area contributed by atoms with Crippen LogP contribution >= 0.6 is 15.9 Å². The van der Waals surface area contributed by atoms with Gasteiger partial charge in [-0.25, -0.2) is 4.98 Å². The Hall–Kier alpha value is -4.00. The standard InChI is InChI=1S/C23H29BrN8O4/c1-4-17(33)28-13-18(34)30-14-7-5-8-15(11-14)31-22-29-12-16(24)19(32-22)26-9-6-10-27-21(36)23(2,3)20(25)35/h4-5,7-8,11-12H,1,6,9-10,13H2,2-3H3,(H2,25,35)(H,27,36)(H,28,33)(H,30,34)(H2,26,29,31,32). The zero-order chi connectivity index (χ0) is 26.7. The number of hydrogen-bond donors (Lipinski definition) is 6. The highest BCUT2D eigenvalue weighted by Gasteiger charge is 2.33. The highest BCUT2D eigenvalue weighted by atomic mass is 79.9. The smallest absolute Gasteiger partial charge is 0.243 e. The maximum absolute atomic E-state index is 12.1. The Kier molecular flexibility index (Phi) is 10.3. The highest BCUT2D eigenvalue weighted by molar-refractivity contribution is 9.10. The van der Waals surface area contributed by atoms with Crippen molar-refractivity contribution in [3.05, 3.63) is 47.6 Å². The molecule has 0 atom stereocenters. The molecule has 2 aromatic rings. The Morgan fingerprint density at radius 1 is 1.14 bits per heavy atom. The van der Waals surface area contributed by atoms with Gasteiger partial charge in [0.25, 0.3) is 0 Å². The Balaban J connectivity index is 1.89. The van der Waals surface area contributed by atoms with Gasteiger partial charge in [-0.2, -0.15) is 4.98 Å². The van der Waals surface area contributed by atoms with Crippen molar-refractivity contribution < 1.29 is 19.2 Å². The number of nitrogens with zero attached hydrogens (tertiary/aromatic N) is 2. The first-order valence-electron chi connectivity index (χ1n) is 10.9. The summed E-state index contributed by atoms with van der Waals surface area (Å²) in [7, 11) is 0. The van der Waals surface area contributed by atoms with Gasteiger partial charge in [-0.15, -0.1) is 0 Å². The van der Waals surface area contributed by atoms with E-state index in [4.69, 9.17) is 5.73 Å². The van der Waals surface area contributed by atoms with Crippen molar-refractivity contribution >= 4 is 62.7 Å². The molecule has 1 aromatic carbocycles. The van der Waals surface area contributed by atoms with Crippen LogP contribution in [0.5, 0.6) is 0 Å². The molecule has 12 nitrogen and oxygen atoms in total. The Bertz CT molecular complexity index is 1140. The number of rotatable bonds is 13. The van der Waals surface area contributed by atoms with Gasteiger partial charge in [-0.1, -0.05) is 12.6 Å². The van der Waals surface area contributed by atoms with Gasteiger partial charge < -0.3 is 32.3 Å². The fraction of sp³-hybridized carbons (Fsp3) is 0.304. The molecule has 4 amide bonds. The molecule has 0 bridgehead atoms. The van der Waals surface area contributed by atoms with Crippen molar-refractivity contribution in [2.24, 2.45) is 11.1 Å². The van der Waals surface area contributed by atoms with Crippen LogP contribution in [0.3, 0.4) is 0 Å². The zero-order valence-corrected chi connectivity index (χ0v) is 21.6. The Labute approximate surface area is 217 Å². The SMILES string of the molecule is C=CC(=O)NCC(=O)Nc1cccc(Nc2ncc(Br)c(NCCCNC(=O)C(C)(C)C(N)=O)n2)c1. The minimum absolute atomic E-state index is 0.181. The van der Waals surface area contributed by atoms with E-state index >= 15 is 0 Å². The normalized spacial score (nSPS) is 10.6. The van der Waals surface area contributed by atoms with E-state index in [2.05, 4.69) is 59.1 Å². The molecule has 192 valence electrons. The lowest BCUT2D eigenvalue weighted by molar-refractivity contribution is -0.139. The lowest BCUT2D eigenvalue weighted by atomic mass is 9.91. The zero-order valence-electron chi connectivity index (χ0n) is 20.0. The Morgan fingerprint density at radius 2 is 1.86 bits per heavy atom. The van der Waals surface area contributed by atoms with Crippen LogP contribution in [0.2, 0.25) is 0 Å². The minimum Gasteiger partial charge on any atom is -0.369 e. The largest absolute Gasteiger partial charge is 0.369 e. The van der Waals surface area contributed by atoms with Gasteiger partial charge in [-0.05, 0) is 60.5 Å². The molecule has 36 heavy (non-hydrogen) atoms. The van der Waals surface area contributed by atoms with Gasteiger partial charge in [0.2, 0.25) is 29.6 Å². The van der Waals surface area contributed by atoms with Crippen molar-refractivity contribution in [1.82, 2.24) is 20.6 Å². The number of amides is 4. The van der Waals surface area contributed by atoms with Crippen LogP contribution in [0.1, 0.15) is 20.3 Å². The summed E-state index contributed by atoms with van der Waals surface area (Å²) >= 11 is 3.40. The first-order chi connectivity index (χ1) is 17.0. The van der Waals surface area contributed by atoms with E-state index in [1.165, 1.54) is 13.8 Å². The monoisotopic (exact) mass is 560 g/mol. The van der Waals surface area contributed by atoms with E-state index in [1.807, 2.05) is 0 Å². The van der Waals surface area contributed by atoms with Crippen molar-refractivity contribution in [2.75, 3.05) is 35.6 Å². The number of hydrogen-bond acceptors (Lipinski definition) is 8. The summed E-state index contributed by atoms with van der Waals surface area (Å²) in [5.74, 6) is -1.08. The average molecular weight is 561 g/mol. The molecule has 0 aliphatic rings. The van der Waals surface area contributed by atoms with E-state index in [9.17, 15) is 19.2 Å². The molecule has 1 heterocycles. The second kappa shape index (κ2) is 13.2. The van der Waals surface area contributed by atoms with E-state index < -0.39 is 23.1 Å². The summed E-state index contributed by atoms with van der Waals surface area (Å²) < 4.78 is 0.648. The quantitative estimate of drug-likeness (QED) is 0.121. The summed E-state index contributed by atoms with van der Waals surface area (Å²) in [6.45, 7) is 6.95. The summed E-state index contributed by atoms with van der Waals surface area (Å²) in [5.41, 5.74) is 5.13. The van der Waals surface area contributed by atoms with Crippen LogP contribution in [-0.2, 0) is 19.2 Å². The van der Waals surface area contributed by atoms with Crippen LogP contribution in [-0.4, -0.2) is 53.2 Å². The molecule has 0 spiro atoms. The number of anilines is 4. The predicted octanol–water partition coefficient (Wildman–Crippen LogP) is 1.65. The molecule has 0 aliphatic heterocycles. The van der Waals surface area contributed by atoms with Gasteiger partial charge in [0.05, 0.1) is 11.0 Å². The first kappa shape index (κ1) is 28.2. The lowest BCUT2D eigenvalue weighted by Gasteiger charge is -2.19. The van der Waals surface area contributed by atoms with Gasteiger partial charge in [0.1, 0.15) is 11.2 Å². The molecule has 0 radical (unpaired) electrons. The first-order valence-corrected chi connectivity index (χ1v) is 11.7. The van der Waals surface area contributed by atoms with Crippen molar-refractivity contribution in [1.29, 1.82) is 0 Å². The number of halogens is 1. The summed E-state index contributed by atoms with van der Waals surface area (Å²) in [6.07, 6.45) is 3.25. The lowest BCUT2D eigenvalue weighted by Crippen LogP contribution is -2.46. The second-order valence-electron chi connectivity index (χ2n) is 8.09. The van der Waals surface area contributed by atoms with Crippen LogP contribution in [0.15, 0.2) is 47.6 Å². The molecular weight excluding hydrogens is 532 g/mol. The van der Waals surface area contributed by atoms with Gasteiger partial charge in [0, 0.05) is 30.7 Å². The fourth-order valence-corrected chi connectivity index (χ4v) is 2.96. The molecule has 2 rings (SSSR count). The minimum atomic E-state index is -1.27. The van der Waals surface area contributed by atoms with Crippen molar-refractivity contribution in [3.8, 4) is 0 Å². The molecule has 0 fully saturated rings. The average Bonchev–Trinajstić information content (AvgIpc) is 2.84. The topological polar surface area (TPSA) is 180 Å². The molecule has 7 N–H and O–H groups in total. The fourth-order valence-electron chi connectivity index (χ4n) is 2.63. The highest BCUT2D eigenvalue weighted by Crippen LogP contribution is 2.23. The number of nitrogens with two attached hydrogens (primary N) is 1. The Morgan fingerprint density at radius 3 is 2.56 bits per heavy atom. The molecule has 0 saturated heterocycles. The van der Waals surface area contributed by atoms with Crippen LogP contribution in [0, 0.1) is 5.41 Å². The number of carbonyl (C=O) groups is 4. The van der Waals surface area contributed by atoms with Crippen LogP contribution in [0.25, 0.3) is 0 Å². The number of primary amides is 1. The molecule has 1 aromatic heterocycles. The summed E-state index contributed by atoms with van der Waals surface area (Å²) in [6, 6.07) is 6.93. The van der Waals surface area contributed by atoms with Crippen LogP contribution in [0.4, 0.5) is 23.1 Å². The third-order valence-electron chi connectivity index (χ3n) is 4.87.